The number of rotatable bonds is 8. The fraction of sp³-hybridized carbons (Fsp3) is 0.750. The molecule has 0 aromatic heterocycles. The number of hydrogen-bond acceptors (Lipinski definition) is 8. The molecule has 160 valence electrons. The quantitative estimate of drug-likeness (QED) is 0.237. The summed E-state index contributed by atoms with van der Waals surface area (Å²) >= 11 is 0. The zero-order valence-corrected chi connectivity index (χ0v) is 15.9. The van der Waals surface area contributed by atoms with Crippen LogP contribution in [0.5, 0.6) is 0 Å². The first-order valence-corrected chi connectivity index (χ1v) is 9.20. The van der Waals surface area contributed by atoms with Crippen LogP contribution in [0.1, 0.15) is 0 Å². The van der Waals surface area contributed by atoms with Gasteiger partial charge in [0.15, 0.2) is 0 Å². The van der Waals surface area contributed by atoms with Gasteiger partial charge >= 0.3 is 11.9 Å². The number of amides is 2. The fourth-order valence-electron chi connectivity index (χ4n) is 2.60. The number of carbonyl (C=O) groups excluding carboxylic acids is 2. The van der Waals surface area contributed by atoms with E-state index in [2.05, 4.69) is 21.3 Å². The third kappa shape index (κ3) is 12.2. The highest BCUT2D eigenvalue weighted by molar-refractivity contribution is 5.83. The van der Waals surface area contributed by atoms with E-state index in [9.17, 15) is 19.2 Å². The molecule has 0 aromatic carbocycles. The number of carboxylic acids is 2. The van der Waals surface area contributed by atoms with Crippen LogP contribution in [-0.2, 0) is 19.2 Å². The predicted octanol–water partition coefficient (Wildman–Crippen LogP) is -3.82. The lowest BCUT2D eigenvalue weighted by molar-refractivity contribution is -0.138. The summed E-state index contributed by atoms with van der Waals surface area (Å²) in [6.45, 7) is 4.56. The van der Waals surface area contributed by atoms with Crippen molar-refractivity contribution in [3.63, 3.8) is 0 Å². The molecule has 1 aliphatic heterocycles. The van der Waals surface area contributed by atoms with Crippen molar-refractivity contribution >= 4 is 23.8 Å². The van der Waals surface area contributed by atoms with Crippen molar-refractivity contribution in [2.75, 3.05) is 78.5 Å². The SMILES string of the molecule is O=C(O)CNC(=O)CN1CCNCCN(CC(=O)NCC(=O)O)CCNCC1. The van der Waals surface area contributed by atoms with Crippen LogP contribution in [-0.4, -0.2) is 122 Å². The summed E-state index contributed by atoms with van der Waals surface area (Å²) < 4.78 is 0. The number of aliphatic carboxylic acids is 2. The summed E-state index contributed by atoms with van der Waals surface area (Å²) in [7, 11) is 0. The highest BCUT2D eigenvalue weighted by Crippen LogP contribution is 1.91. The van der Waals surface area contributed by atoms with Crippen molar-refractivity contribution in [1.29, 1.82) is 0 Å². The molecule has 0 aliphatic carbocycles. The molecule has 6 N–H and O–H groups in total. The molecular weight excluding hydrogens is 372 g/mol. The number of carboxylic acid groups (broad SMARTS) is 2. The summed E-state index contributed by atoms with van der Waals surface area (Å²) in [5.41, 5.74) is 0. The molecule has 0 saturated carbocycles. The van der Waals surface area contributed by atoms with Gasteiger partial charge in [-0.15, -0.1) is 0 Å². The van der Waals surface area contributed by atoms with Crippen LogP contribution < -0.4 is 21.3 Å². The molecule has 0 spiro atoms. The molecule has 0 aromatic rings. The summed E-state index contributed by atoms with van der Waals surface area (Å²) in [5.74, 6) is -2.81. The minimum atomic E-state index is -1.08. The molecule has 1 saturated heterocycles. The van der Waals surface area contributed by atoms with Gasteiger partial charge in [0.2, 0.25) is 11.8 Å². The van der Waals surface area contributed by atoms with Crippen LogP contribution in [0, 0.1) is 0 Å². The number of nitrogens with zero attached hydrogens (tertiary/aromatic N) is 2. The first kappa shape index (κ1) is 23.8. The Balaban J connectivity index is 2.37. The van der Waals surface area contributed by atoms with Crippen LogP contribution in [0.3, 0.4) is 0 Å². The van der Waals surface area contributed by atoms with Gasteiger partial charge in [-0.1, -0.05) is 0 Å². The normalized spacial score (nSPS) is 17.7. The van der Waals surface area contributed by atoms with E-state index in [1.807, 2.05) is 9.80 Å². The van der Waals surface area contributed by atoms with Gasteiger partial charge in [-0.2, -0.15) is 0 Å². The molecule has 12 nitrogen and oxygen atoms in total. The summed E-state index contributed by atoms with van der Waals surface area (Å²) in [6.07, 6.45) is 0. The van der Waals surface area contributed by atoms with Crippen molar-refractivity contribution in [3.8, 4) is 0 Å². The topological polar surface area (TPSA) is 163 Å². The Kier molecular flexibility index (Phi) is 11.7. The third-order valence-corrected chi connectivity index (χ3v) is 4.03. The Bertz CT molecular complexity index is 474. The number of hydrogen-bond donors (Lipinski definition) is 6. The molecule has 12 heteroatoms. The Morgan fingerprint density at radius 3 is 1.29 bits per heavy atom. The Labute approximate surface area is 163 Å². The lowest BCUT2D eigenvalue weighted by atomic mass is 10.3. The van der Waals surface area contributed by atoms with Gasteiger partial charge in [0.25, 0.3) is 0 Å². The first-order valence-electron chi connectivity index (χ1n) is 9.20. The molecule has 0 bridgehead atoms. The van der Waals surface area contributed by atoms with E-state index in [4.69, 9.17) is 10.2 Å². The van der Waals surface area contributed by atoms with Crippen molar-refractivity contribution in [1.82, 2.24) is 31.1 Å². The molecule has 0 radical (unpaired) electrons. The number of nitrogens with one attached hydrogen (secondary N) is 4. The Morgan fingerprint density at radius 1 is 0.679 bits per heavy atom. The van der Waals surface area contributed by atoms with Gasteiger partial charge < -0.3 is 31.5 Å². The minimum absolute atomic E-state index is 0.131. The average Bonchev–Trinajstić information content (AvgIpc) is 2.62. The van der Waals surface area contributed by atoms with E-state index in [1.54, 1.807) is 0 Å². The van der Waals surface area contributed by atoms with E-state index >= 15 is 0 Å². The van der Waals surface area contributed by atoms with Crippen LogP contribution in [0.2, 0.25) is 0 Å². The highest BCUT2D eigenvalue weighted by atomic mass is 16.4. The second kappa shape index (κ2) is 13.8. The van der Waals surface area contributed by atoms with Crippen LogP contribution >= 0.6 is 0 Å². The van der Waals surface area contributed by atoms with Gasteiger partial charge in [-0.05, 0) is 0 Å². The van der Waals surface area contributed by atoms with E-state index in [-0.39, 0.29) is 38.0 Å². The van der Waals surface area contributed by atoms with E-state index in [1.165, 1.54) is 0 Å². The fourth-order valence-corrected chi connectivity index (χ4v) is 2.60. The molecule has 0 unspecified atom stereocenters. The average molecular weight is 402 g/mol. The third-order valence-electron chi connectivity index (χ3n) is 4.03. The van der Waals surface area contributed by atoms with Crippen LogP contribution in [0.25, 0.3) is 0 Å². The largest absolute Gasteiger partial charge is 0.480 e. The van der Waals surface area contributed by atoms with Gasteiger partial charge in [0.1, 0.15) is 13.1 Å². The number of carbonyl (C=O) groups is 4. The summed E-state index contributed by atoms with van der Waals surface area (Å²) in [5, 5.41) is 28.4. The molecule has 0 atom stereocenters. The van der Waals surface area contributed by atoms with Crippen LogP contribution in [0.4, 0.5) is 0 Å². The van der Waals surface area contributed by atoms with Gasteiger partial charge in [0, 0.05) is 52.4 Å². The summed E-state index contributed by atoms with van der Waals surface area (Å²) in [4.78, 5) is 48.5. The zero-order valence-electron chi connectivity index (χ0n) is 15.9. The molecule has 1 heterocycles. The molecule has 1 rings (SSSR count). The molecule has 1 aliphatic rings. The first-order chi connectivity index (χ1) is 13.4. The second-order valence-electron chi connectivity index (χ2n) is 6.39. The lowest BCUT2D eigenvalue weighted by Gasteiger charge is -2.26. The lowest BCUT2D eigenvalue weighted by Crippen LogP contribution is -2.48. The predicted molar refractivity (Wildman–Crippen MR) is 99.9 cm³/mol. The maximum Gasteiger partial charge on any atom is 0.322 e. The summed E-state index contributed by atoms with van der Waals surface area (Å²) in [6, 6.07) is 0. The monoisotopic (exact) mass is 402 g/mol. The van der Waals surface area contributed by atoms with Crippen molar-refractivity contribution < 1.29 is 29.4 Å². The van der Waals surface area contributed by atoms with Gasteiger partial charge in [-0.3, -0.25) is 29.0 Å². The van der Waals surface area contributed by atoms with Gasteiger partial charge in [-0.25, -0.2) is 0 Å². The van der Waals surface area contributed by atoms with Gasteiger partial charge in [0.05, 0.1) is 13.1 Å². The second-order valence-corrected chi connectivity index (χ2v) is 6.39. The van der Waals surface area contributed by atoms with Crippen LogP contribution in [0.15, 0.2) is 0 Å². The Hall–Kier alpha value is -2.28. The van der Waals surface area contributed by atoms with Crippen molar-refractivity contribution in [2.45, 2.75) is 0 Å². The van der Waals surface area contributed by atoms with Crippen molar-refractivity contribution in [3.05, 3.63) is 0 Å². The van der Waals surface area contributed by atoms with E-state index in [0.29, 0.717) is 52.4 Å². The smallest absolute Gasteiger partial charge is 0.322 e. The maximum absolute atomic E-state index is 11.8. The maximum atomic E-state index is 11.8. The standard InChI is InChI=1S/C16H30N6O6/c23-13(19-9-15(25)26)11-21-5-1-17-2-6-22(8-4-18-3-7-21)12-14(24)20-10-16(27)28/h17-18H,1-12H2,(H,19,23)(H,20,24)(H,25,26)(H,27,28). The van der Waals surface area contributed by atoms with Crippen molar-refractivity contribution in [2.24, 2.45) is 0 Å². The van der Waals surface area contributed by atoms with E-state index < -0.39 is 11.9 Å². The molecular formula is C16H30N6O6. The Morgan fingerprint density at radius 2 is 1.00 bits per heavy atom. The highest BCUT2D eigenvalue weighted by Gasteiger charge is 2.14. The van der Waals surface area contributed by atoms with E-state index in [0.717, 1.165) is 0 Å². The molecule has 2 amide bonds. The minimum Gasteiger partial charge on any atom is -0.480 e. The molecule has 28 heavy (non-hydrogen) atoms. The molecule has 1 fully saturated rings. The zero-order chi connectivity index (χ0) is 20.8.